The Morgan fingerprint density at radius 1 is 1.10 bits per heavy atom. The molecule has 2 aromatic rings. The molecule has 0 bridgehead atoms. The smallest absolute Gasteiger partial charge is 0.257 e. The van der Waals surface area contributed by atoms with Crippen molar-refractivity contribution in [2.24, 2.45) is 0 Å². The standard InChI is InChI=1S/C24H31ClN2O3/c1-17-14-21(29-18(17)2)16-26-12-8-20(9-13-26)30-23-15-19(25)6-7-22(23)24(28)27-10-4-3-5-11-27/h6-7,14-15,20H,3-5,8-13,16H2,1-2H3. The molecular weight excluding hydrogens is 400 g/mol. The maximum absolute atomic E-state index is 13.0. The summed E-state index contributed by atoms with van der Waals surface area (Å²) in [4.78, 5) is 17.4. The van der Waals surface area contributed by atoms with Crippen LogP contribution >= 0.6 is 11.6 Å². The second-order valence-corrected chi connectivity index (χ2v) is 8.98. The predicted octanol–water partition coefficient (Wildman–Crippen LogP) is 5.22. The van der Waals surface area contributed by atoms with E-state index in [-0.39, 0.29) is 12.0 Å². The Hall–Kier alpha value is -1.98. The van der Waals surface area contributed by atoms with Crippen LogP contribution in [0.15, 0.2) is 28.7 Å². The lowest BCUT2D eigenvalue weighted by atomic mass is 10.1. The van der Waals surface area contributed by atoms with E-state index in [9.17, 15) is 4.79 Å². The van der Waals surface area contributed by atoms with Gasteiger partial charge < -0.3 is 14.1 Å². The van der Waals surface area contributed by atoms with Gasteiger partial charge in [0.1, 0.15) is 23.4 Å². The Balaban J connectivity index is 1.37. The quantitative estimate of drug-likeness (QED) is 0.652. The molecule has 0 saturated carbocycles. The number of hydrogen-bond donors (Lipinski definition) is 0. The molecule has 0 aliphatic carbocycles. The zero-order chi connectivity index (χ0) is 21.1. The average molecular weight is 431 g/mol. The third-order valence-corrected chi connectivity index (χ3v) is 6.48. The van der Waals surface area contributed by atoms with Crippen molar-refractivity contribution in [3.8, 4) is 5.75 Å². The minimum Gasteiger partial charge on any atom is -0.489 e. The third kappa shape index (κ3) is 5.01. The second-order valence-electron chi connectivity index (χ2n) is 8.54. The highest BCUT2D eigenvalue weighted by Crippen LogP contribution is 2.29. The number of piperidine rings is 2. The Morgan fingerprint density at radius 3 is 2.50 bits per heavy atom. The van der Waals surface area contributed by atoms with Crippen LogP contribution in [0.5, 0.6) is 5.75 Å². The highest BCUT2D eigenvalue weighted by molar-refractivity contribution is 6.30. The van der Waals surface area contributed by atoms with Crippen molar-refractivity contribution >= 4 is 17.5 Å². The van der Waals surface area contributed by atoms with E-state index in [0.717, 1.165) is 69.9 Å². The first-order valence-electron chi connectivity index (χ1n) is 11.0. The fraction of sp³-hybridized carbons (Fsp3) is 0.542. The van der Waals surface area contributed by atoms with Crippen molar-refractivity contribution < 1.29 is 13.9 Å². The van der Waals surface area contributed by atoms with Crippen molar-refractivity contribution in [2.75, 3.05) is 26.2 Å². The van der Waals surface area contributed by atoms with Crippen LogP contribution in [0.4, 0.5) is 0 Å². The Kier molecular flexibility index (Phi) is 6.69. The molecule has 0 unspecified atom stereocenters. The molecule has 1 aromatic carbocycles. The summed E-state index contributed by atoms with van der Waals surface area (Å²) in [7, 11) is 0. The number of carbonyl (C=O) groups excluding carboxylic acids is 1. The summed E-state index contributed by atoms with van der Waals surface area (Å²) in [6.45, 7) is 8.45. The summed E-state index contributed by atoms with van der Waals surface area (Å²) in [6, 6.07) is 7.51. The van der Waals surface area contributed by atoms with Gasteiger partial charge in [-0.25, -0.2) is 0 Å². The Bertz CT molecular complexity index is 861. The molecule has 6 heteroatoms. The fourth-order valence-corrected chi connectivity index (χ4v) is 4.51. The molecule has 2 aliphatic heterocycles. The zero-order valence-electron chi connectivity index (χ0n) is 18.0. The molecule has 1 aromatic heterocycles. The van der Waals surface area contributed by atoms with Crippen molar-refractivity contribution in [1.29, 1.82) is 0 Å². The van der Waals surface area contributed by atoms with Gasteiger partial charge in [-0.1, -0.05) is 11.6 Å². The van der Waals surface area contributed by atoms with Gasteiger partial charge in [0, 0.05) is 31.2 Å². The van der Waals surface area contributed by atoms with E-state index in [1.54, 1.807) is 12.1 Å². The summed E-state index contributed by atoms with van der Waals surface area (Å²) < 4.78 is 12.1. The van der Waals surface area contributed by atoms with E-state index in [1.165, 1.54) is 12.0 Å². The number of halogens is 1. The lowest BCUT2D eigenvalue weighted by molar-refractivity contribution is 0.0699. The van der Waals surface area contributed by atoms with Crippen LogP contribution in [0.2, 0.25) is 5.02 Å². The van der Waals surface area contributed by atoms with Crippen LogP contribution in [-0.2, 0) is 6.54 Å². The first-order valence-corrected chi connectivity index (χ1v) is 11.4. The van der Waals surface area contributed by atoms with Crippen LogP contribution in [-0.4, -0.2) is 48.0 Å². The Labute approximate surface area is 183 Å². The van der Waals surface area contributed by atoms with E-state index < -0.39 is 0 Å². The SMILES string of the molecule is Cc1cc(CN2CCC(Oc3cc(Cl)ccc3C(=O)N3CCCCC3)CC2)oc1C. The summed E-state index contributed by atoms with van der Waals surface area (Å²) in [6.07, 6.45) is 5.27. The number of nitrogens with zero attached hydrogens (tertiary/aromatic N) is 2. The maximum atomic E-state index is 13.0. The number of ether oxygens (including phenoxy) is 1. The second kappa shape index (κ2) is 9.44. The van der Waals surface area contributed by atoms with E-state index >= 15 is 0 Å². The third-order valence-electron chi connectivity index (χ3n) is 6.24. The van der Waals surface area contributed by atoms with Crippen LogP contribution in [0, 0.1) is 13.8 Å². The zero-order valence-corrected chi connectivity index (χ0v) is 18.7. The highest BCUT2D eigenvalue weighted by atomic mass is 35.5. The van der Waals surface area contributed by atoms with Gasteiger partial charge in [0.25, 0.3) is 5.91 Å². The summed E-state index contributed by atoms with van der Waals surface area (Å²) in [5.74, 6) is 2.69. The molecule has 30 heavy (non-hydrogen) atoms. The van der Waals surface area contributed by atoms with Crippen LogP contribution in [0.25, 0.3) is 0 Å². The molecule has 3 heterocycles. The number of furan rings is 1. The van der Waals surface area contributed by atoms with Crippen LogP contribution in [0.1, 0.15) is 59.5 Å². The first-order chi connectivity index (χ1) is 14.5. The summed E-state index contributed by atoms with van der Waals surface area (Å²) in [5.41, 5.74) is 1.83. The van der Waals surface area contributed by atoms with Gasteiger partial charge in [-0.15, -0.1) is 0 Å². The molecule has 0 atom stereocenters. The summed E-state index contributed by atoms with van der Waals surface area (Å²) in [5, 5.41) is 0.598. The van der Waals surface area contributed by atoms with Crippen molar-refractivity contribution in [1.82, 2.24) is 9.80 Å². The first kappa shape index (κ1) is 21.3. The van der Waals surface area contributed by atoms with Gasteiger partial charge in [0.2, 0.25) is 0 Å². The molecule has 2 saturated heterocycles. The van der Waals surface area contributed by atoms with Gasteiger partial charge in [0.15, 0.2) is 0 Å². The van der Waals surface area contributed by atoms with Crippen molar-refractivity contribution in [3.05, 3.63) is 51.9 Å². The minimum absolute atomic E-state index is 0.0577. The van der Waals surface area contributed by atoms with E-state index in [0.29, 0.717) is 16.3 Å². The van der Waals surface area contributed by atoms with Gasteiger partial charge in [0.05, 0.1) is 12.1 Å². The molecule has 5 nitrogen and oxygen atoms in total. The normalized spacial score (nSPS) is 18.6. The number of hydrogen-bond acceptors (Lipinski definition) is 4. The maximum Gasteiger partial charge on any atom is 0.257 e. The number of aryl methyl sites for hydroxylation is 2. The number of likely N-dealkylation sites (tertiary alicyclic amines) is 2. The number of benzene rings is 1. The van der Waals surface area contributed by atoms with Gasteiger partial charge in [-0.2, -0.15) is 0 Å². The molecule has 0 N–H and O–H groups in total. The topological polar surface area (TPSA) is 45.9 Å². The number of carbonyl (C=O) groups is 1. The van der Waals surface area contributed by atoms with Gasteiger partial charge >= 0.3 is 0 Å². The van der Waals surface area contributed by atoms with Crippen molar-refractivity contribution in [2.45, 2.75) is 58.6 Å². The van der Waals surface area contributed by atoms with E-state index in [4.69, 9.17) is 20.8 Å². The van der Waals surface area contributed by atoms with Crippen LogP contribution < -0.4 is 4.74 Å². The molecule has 162 valence electrons. The molecule has 2 aliphatic rings. The lowest BCUT2D eigenvalue weighted by Gasteiger charge is -2.32. The monoisotopic (exact) mass is 430 g/mol. The Morgan fingerprint density at radius 2 is 1.83 bits per heavy atom. The van der Waals surface area contributed by atoms with E-state index in [1.807, 2.05) is 17.9 Å². The molecular formula is C24H31ClN2O3. The van der Waals surface area contributed by atoms with Crippen LogP contribution in [0.3, 0.4) is 0 Å². The predicted molar refractivity (Wildman–Crippen MR) is 118 cm³/mol. The fourth-order valence-electron chi connectivity index (χ4n) is 4.35. The lowest BCUT2D eigenvalue weighted by Crippen LogP contribution is -2.38. The average Bonchev–Trinajstić information content (AvgIpc) is 3.06. The molecule has 4 rings (SSSR count). The largest absolute Gasteiger partial charge is 0.489 e. The highest BCUT2D eigenvalue weighted by Gasteiger charge is 2.26. The minimum atomic E-state index is 0.0577. The van der Waals surface area contributed by atoms with Gasteiger partial charge in [-0.3, -0.25) is 9.69 Å². The molecule has 2 fully saturated rings. The van der Waals surface area contributed by atoms with Crippen molar-refractivity contribution in [3.63, 3.8) is 0 Å². The summed E-state index contributed by atoms with van der Waals surface area (Å²) >= 11 is 6.23. The molecule has 1 amide bonds. The number of rotatable bonds is 5. The molecule has 0 spiro atoms. The number of amides is 1. The van der Waals surface area contributed by atoms with Gasteiger partial charge in [-0.05, 0) is 75.8 Å². The van der Waals surface area contributed by atoms with E-state index in [2.05, 4.69) is 17.9 Å². The molecule has 0 radical (unpaired) electrons.